The van der Waals surface area contributed by atoms with E-state index in [0.717, 1.165) is 4.47 Å². The summed E-state index contributed by atoms with van der Waals surface area (Å²) in [5.74, 6) is 0.0553. The monoisotopic (exact) mass is 325 g/mol. The molecule has 0 unspecified atom stereocenters. The number of anilines is 2. The molecule has 3 nitrogen and oxygen atoms in total. The van der Waals surface area contributed by atoms with Crippen LogP contribution < -0.4 is 11.1 Å². The second-order valence-corrected chi connectivity index (χ2v) is 4.87. The number of pyridine rings is 1. The van der Waals surface area contributed by atoms with Gasteiger partial charge in [0.15, 0.2) is 0 Å². The van der Waals surface area contributed by atoms with Crippen LogP contribution in [0.5, 0.6) is 0 Å². The van der Waals surface area contributed by atoms with Crippen LogP contribution in [0.2, 0.25) is 0 Å². The van der Waals surface area contributed by atoms with Crippen LogP contribution in [0.1, 0.15) is 5.56 Å². The third-order valence-electron chi connectivity index (χ3n) is 2.25. The zero-order chi connectivity index (χ0) is 13.1. The number of nitrogens with one attached hydrogen (secondary N) is 1. The summed E-state index contributed by atoms with van der Waals surface area (Å²) in [7, 11) is 0. The third kappa shape index (κ3) is 2.83. The minimum atomic E-state index is -0.377. The maximum absolute atomic E-state index is 13.6. The molecular weight excluding hydrogens is 317 g/mol. The summed E-state index contributed by atoms with van der Waals surface area (Å²) >= 11 is 8.20. The van der Waals surface area contributed by atoms with Gasteiger partial charge in [-0.1, -0.05) is 28.1 Å². The molecule has 0 saturated heterocycles. The molecule has 18 heavy (non-hydrogen) atoms. The van der Waals surface area contributed by atoms with E-state index in [4.69, 9.17) is 18.0 Å². The van der Waals surface area contributed by atoms with Crippen LogP contribution in [-0.4, -0.2) is 9.97 Å². The van der Waals surface area contributed by atoms with E-state index in [-0.39, 0.29) is 10.8 Å². The Hall–Kier alpha value is -1.53. The quantitative estimate of drug-likeness (QED) is 0.849. The molecule has 0 spiro atoms. The first-order valence-corrected chi connectivity index (χ1v) is 6.25. The molecular formula is C12H9BrFN3S. The highest BCUT2D eigenvalue weighted by atomic mass is 79.9. The molecule has 0 atom stereocenters. The van der Waals surface area contributed by atoms with Crippen LogP contribution in [0.4, 0.5) is 15.9 Å². The Morgan fingerprint density at radius 2 is 2.17 bits per heavy atom. The van der Waals surface area contributed by atoms with Gasteiger partial charge in [-0.05, 0) is 30.3 Å². The molecule has 6 heteroatoms. The van der Waals surface area contributed by atoms with E-state index < -0.39 is 0 Å². The number of nitrogens with two attached hydrogens (primary N) is 1. The van der Waals surface area contributed by atoms with Gasteiger partial charge in [0.05, 0.1) is 11.3 Å². The predicted molar refractivity (Wildman–Crippen MR) is 77.5 cm³/mol. The topological polar surface area (TPSA) is 50.9 Å². The van der Waals surface area contributed by atoms with Gasteiger partial charge in [0.1, 0.15) is 16.6 Å². The summed E-state index contributed by atoms with van der Waals surface area (Å²) in [5, 5.41) is 2.88. The van der Waals surface area contributed by atoms with Crippen molar-refractivity contribution in [3.63, 3.8) is 0 Å². The van der Waals surface area contributed by atoms with Crippen LogP contribution in [0.15, 0.2) is 41.0 Å². The highest BCUT2D eigenvalue weighted by molar-refractivity contribution is 9.10. The summed E-state index contributed by atoms with van der Waals surface area (Å²) in [6.45, 7) is 0. The lowest BCUT2D eigenvalue weighted by atomic mass is 10.2. The molecule has 0 aliphatic carbocycles. The second-order valence-electron chi connectivity index (χ2n) is 3.51. The molecule has 3 N–H and O–H groups in total. The molecule has 2 aromatic rings. The third-order valence-corrected chi connectivity index (χ3v) is 2.97. The molecule has 1 aromatic heterocycles. The molecule has 0 amide bonds. The Labute approximate surface area is 117 Å². The van der Waals surface area contributed by atoms with E-state index in [1.165, 1.54) is 6.07 Å². The van der Waals surface area contributed by atoms with Crippen molar-refractivity contribution in [2.75, 3.05) is 5.32 Å². The molecule has 92 valence electrons. The van der Waals surface area contributed by atoms with Crippen molar-refractivity contribution in [1.29, 1.82) is 0 Å². The Bertz CT molecular complexity index is 604. The average Bonchev–Trinajstić information content (AvgIpc) is 2.34. The maximum Gasteiger partial charge on any atom is 0.146 e. The van der Waals surface area contributed by atoms with Crippen molar-refractivity contribution in [2.45, 2.75) is 0 Å². The SMILES string of the molecule is NC(=S)c1cccnc1Nc1cc(Br)ccc1F. The highest BCUT2D eigenvalue weighted by Gasteiger charge is 2.09. The molecule has 0 aliphatic rings. The van der Waals surface area contributed by atoms with Gasteiger partial charge in [0.25, 0.3) is 0 Å². The Kier molecular flexibility index (Phi) is 3.88. The van der Waals surface area contributed by atoms with Crippen LogP contribution in [0.3, 0.4) is 0 Å². The van der Waals surface area contributed by atoms with Crippen molar-refractivity contribution >= 4 is 44.6 Å². The first kappa shape index (κ1) is 12.9. The summed E-state index contributed by atoms with van der Waals surface area (Å²) in [6, 6.07) is 8.04. The van der Waals surface area contributed by atoms with E-state index in [9.17, 15) is 4.39 Å². The largest absolute Gasteiger partial charge is 0.389 e. The predicted octanol–water partition coefficient (Wildman–Crippen LogP) is 3.36. The number of halogens is 2. The van der Waals surface area contributed by atoms with Crippen molar-refractivity contribution in [2.24, 2.45) is 5.73 Å². The number of hydrogen-bond donors (Lipinski definition) is 2. The van der Waals surface area contributed by atoms with Gasteiger partial charge < -0.3 is 11.1 Å². The molecule has 2 rings (SSSR count). The van der Waals surface area contributed by atoms with Crippen LogP contribution in [-0.2, 0) is 0 Å². The smallest absolute Gasteiger partial charge is 0.146 e. The van der Waals surface area contributed by atoms with Gasteiger partial charge in [-0.3, -0.25) is 0 Å². The molecule has 0 saturated carbocycles. The van der Waals surface area contributed by atoms with Crippen LogP contribution in [0.25, 0.3) is 0 Å². The maximum atomic E-state index is 13.6. The van der Waals surface area contributed by atoms with Gasteiger partial charge in [0.2, 0.25) is 0 Å². The average molecular weight is 326 g/mol. The molecule has 0 fully saturated rings. The summed E-state index contributed by atoms with van der Waals surface area (Å²) in [4.78, 5) is 4.31. The number of aromatic nitrogens is 1. The zero-order valence-corrected chi connectivity index (χ0v) is 11.6. The molecule has 0 bridgehead atoms. The van der Waals surface area contributed by atoms with Crippen molar-refractivity contribution in [3.05, 3.63) is 52.4 Å². The Morgan fingerprint density at radius 1 is 1.39 bits per heavy atom. The minimum absolute atomic E-state index is 0.209. The Morgan fingerprint density at radius 3 is 2.89 bits per heavy atom. The van der Waals surface area contributed by atoms with E-state index in [2.05, 4.69) is 26.2 Å². The fourth-order valence-corrected chi connectivity index (χ4v) is 1.95. The molecule has 0 aliphatic heterocycles. The fourth-order valence-electron chi connectivity index (χ4n) is 1.42. The summed E-state index contributed by atoms with van der Waals surface area (Å²) in [6.07, 6.45) is 1.58. The second kappa shape index (κ2) is 5.41. The molecule has 1 heterocycles. The normalized spacial score (nSPS) is 10.1. The van der Waals surface area contributed by atoms with E-state index in [1.807, 2.05) is 0 Å². The number of nitrogens with zero attached hydrogens (tertiary/aromatic N) is 1. The van der Waals surface area contributed by atoms with E-state index >= 15 is 0 Å². The number of benzene rings is 1. The van der Waals surface area contributed by atoms with E-state index in [0.29, 0.717) is 17.1 Å². The molecule has 0 radical (unpaired) electrons. The van der Waals surface area contributed by atoms with E-state index in [1.54, 1.807) is 30.5 Å². The van der Waals surface area contributed by atoms with Crippen LogP contribution >= 0.6 is 28.1 Å². The van der Waals surface area contributed by atoms with Crippen molar-refractivity contribution in [3.8, 4) is 0 Å². The van der Waals surface area contributed by atoms with Gasteiger partial charge in [-0.25, -0.2) is 9.37 Å². The molecule has 1 aromatic carbocycles. The first-order chi connectivity index (χ1) is 8.58. The number of hydrogen-bond acceptors (Lipinski definition) is 3. The van der Waals surface area contributed by atoms with Gasteiger partial charge in [0, 0.05) is 10.7 Å². The number of rotatable bonds is 3. The lowest BCUT2D eigenvalue weighted by molar-refractivity contribution is 0.631. The van der Waals surface area contributed by atoms with Crippen LogP contribution in [0, 0.1) is 5.82 Å². The minimum Gasteiger partial charge on any atom is -0.389 e. The lowest BCUT2D eigenvalue weighted by Crippen LogP contribution is -2.13. The zero-order valence-electron chi connectivity index (χ0n) is 9.15. The van der Waals surface area contributed by atoms with Crippen molar-refractivity contribution < 1.29 is 4.39 Å². The Balaban J connectivity index is 2.40. The first-order valence-electron chi connectivity index (χ1n) is 5.05. The van der Waals surface area contributed by atoms with Gasteiger partial charge in [-0.2, -0.15) is 0 Å². The summed E-state index contributed by atoms with van der Waals surface area (Å²) in [5.41, 5.74) is 6.47. The highest BCUT2D eigenvalue weighted by Crippen LogP contribution is 2.24. The standard InChI is InChI=1S/C12H9BrFN3S/c13-7-3-4-9(14)10(6-7)17-12-8(11(15)18)2-1-5-16-12/h1-6H,(H2,15,18)(H,16,17). The number of thiocarbonyl (C=S) groups is 1. The van der Waals surface area contributed by atoms with Crippen molar-refractivity contribution in [1.82, 2.24) is 4.98 Å². The van der Waals surface area contributed by atoms with Gasteiger partial charge in [-0.15, -0.1) is 0 Å². The lowest BCUT2D eigenvalue weighted by Gasteiger charge is -2.10. The summed E-state index contributed by atoms with van der Waals surface area (Å²) < 4.78 is 14.4. The van der Waals surface area contributed by atoms with Gasteiger partial charge >= 0.3 is 0 Å². The fraction of sp³-hybridized carbons (Fsp3) is 0.